The first-order valence-electron chi connectivity index (χ1n) is 3.35. The van der Waals surface area contributed by atoms with E-state index in [4.69, 9.17) is 18.7 Å². The molecule has 7 heteroatoms. The topological polar surface area (TPSA) is 65.0 Å². The summed E-state index contributed by atoms with van der Waals surface area (Å²) >= 11 is 4.00. The summed E-state index contributed by atoms with van der Waals surface area (Å²) in [6.07, 6.45) is 1.06. The van der Waals surface area contributed by atoms with Gasteiger partial charge in [0, 0.05) is 0 Å². The molecule has 0 radical (unpaired) electrons. The first kappa shape index (κ1) is 12.7. The van der Waals surface area contributed by atoms with Crippen molar-refractivity contribution < 1.29 is 23.5 Å². The summed E-state index contributed by atoms with van der Waals surface area (Å²) in [7, 11) is -0.188. The van der Waals surface area contributed by atoms with Crippen molar-refractivity contribution >= 4 is 25.4 Å². The Kier molecular flexibility index (Phi) is 5.32. The fourth-order valence-corrected chi connectivity index (χ4v) is 1.24. The molecular weight excluding hydrogens is 215 g/mol. The van der Waals surface area contributed by atoms with Crippen LogP contribution >= 0.6 is 19.4 Å². The van der Waals surface area contributed by atoms with Gasteiger partial charge in [0.15, 0.2) is 0 Å². The fraction of sp³-hybridized carbons (Fsp3) is 0.500. The molecule has 5 nitrogen and oxygen atoms in total. The Hall–Kier alpha value is -0.290. The Labute approximate surface area is 82.4 Å². The van der Waals surface area contributed by atoms with E-state index in [1.54, 1.807) is 0 Å². The van der Waals surface area contributed by atoms with Crippen LogP contribution in [0.2, 0.25) is 0 Å². The summed E-state index contributed by atoms with van der Waals surface area (Å²) in [6, 6.07) is 0. The quantitative estimate of drug-likeness (QED) is 0.324. The van der Waals surface area contributed by atoms with Crippen molar-refractivity contribution in [2.45, 2.75) is 6.92 Å². The molecule has 0 spiro atoms. The summed E-state index contributed by atoms with van der Waals surface area (Å²) in [4.78, 5) is 10.4. The van der Waals surface area contributed by atoms with Crippen molar-refractivity contribution in [3.63, 3.8) is 0 Å². The van der Waals surface area contributed by atoms with Crippen LogP contribution in [-0.4, -0.2) is 25.3 Å². The van der Waals surface area contributed by atoms with Crippen LogP contribution in [-0.2, 0) is 18.4 Å². The Bertz CT molecular complexity index is 213. The molecule has 0 unspecified atom stereocenters. The fourth-order valence-electron chi connectivity index (χ4n) is 0.393. The predicted octanol–water partition coefficient (Wildman–Crippen LogP) is 1.62. The number of carbonyl (C=O) groups is 1. The van der Waals surface area contributed by atoms with Crippen LogP contribution in [0.25, 0.3) is 0 Å². The third-order valence-corrected chi connectivity index (χ3v) is 4.10. The summed E-state index contributed by atoms with van der Waals surface area (Å²) < 4.78 is 14.6. The van der Waals surface area contributed by atoms with E-state index in [1.165, 1.54) is 21.1 Å². The van der Waals surface area contributed by atoms with Crippen LogP contribution in [0.4, 0.5) is 0 Å². The van der Waals surface area contributed by atoms with Crippen LogP contribution in [0.3, 0.4) is 0 Å². The standard InChI is InChI=1S/C6H13O5PS/c1-5(6(7)8)4-11-12(13,9-2)10-3/h4,12-13H,1-3H3,(H,7,8)/b5-4+. The minimum atomic E-state index is -2.95. The van der Waals surface area contributed by atoms with E-state index < -0.39 is 13.1 Å². The van der Waals surface area contributed by atoms with Crippen LogP contribution in [0.15, 0.2) is 11.8 Å². The van der Waals surface area contributed by atoms with Gasteiger partial charge in [-0.3, -0.25) is 0 Å². The van der Waals surface area contributed by atoms with Crippen LogP contribution in [0.5, 0.6) is 0 Å². The average Bonchev–Trinajstić information content (AvgIpc) is 2.13. The molecule has 0 aromatic carbocycles. The van der Waals surface area contributed by atoms with Gasteiger partial charge in [-0.25, -0.2) is 0 Å². The molecule has 0 aliphatic carbocycles. The molecule has 0 saturated heterocycles. The van der Waals surface area contributed by atoms with Crippen molar-refractivity contribution in [2.75, 3.05) is 14.2 Å². The molecule has 0 fully saturated rings. The molecule has 1 N–H and O–H groups in total. The van der Waals surface area contributed by atoms with E-state index in [0.717, 1.165) is 6.26 Å². The number of hydrogen-bond donors (Lipinski definition) is 2. The van der Waals surface area contributed by atoms with Crippen LogP contribution in [0, 0.1) is 0 Å². The monoisotopic (exact) mass is 228 g/mol. The molecule has 0 heterocycles. The van der Waals surface area contributed by atoms with Gasteiger partial charge in [0.2, 0.25) is 0 Å². The number of rotatable bonds is 5. The third-order valence-electron chi connectivity index (χ3n) is 1.24. The van der Waals surface area contributed by atoms with Gasteiger partial charge in [-0.15, -0.1) is 0 Å². The number of carboxylic acid groups (broad SMARTS) is 1. The maximum atomic E-state index is 10.4. The minimum absolute atomic E-state index is 0.0556. The summed E-state index contributed by atoms with van der Waals surface area (Å²) in [6.45, 7) is 1.40. The second-order valence-corrected chi connectivity index (χ2v) is 5.90. The van der Waals surface area contributed by atoms with E-state index in [-0.39, 0.29) is 5.57 Å². The number of thiol groups is 1. The van der Waals surface area contributed by atoms with Crippen molar-refractivity contribution in [1.82, 2.24) is 0 Å². The average molecular weight is 228 g/mol. The Morgan fingerprint density at radius 1 is 1.46 bits per heavy atom. The Morgan fingerprint density at radius 3 is 2.23 bits per heavy atom. The molecule has 0 aromatic heterocycles. The molecule has 0 bridgehead atoms. The van der Waals surface area contributed by atoms with E-state index in [0.29, 0.717) is 0 Å². The number of carboxylic acids is 1. The summed E-state index contributed by atoms with van der Waals surface area (Å²) in [5.74, 6) is -1.06. The van der Waals surface area contributed by atoms with Gasteiger partial charge in [0.1, 0.15) is 0 Å². The zero-order valence-electron chi connectivity index (χ0n) is 7.60. The molecule has 13 heavy (non-hydrogen) atoms. The maximum absolute atomic E-state index is 10.4. The van der Waals surface area contributed by atoms with Crippen molar-refractivity contribution in [1.29, 1.82) is 0 Å². The molecule has 0 rings (SSSR count). The zero-order valence-corrected chi connectivity index (χ0v) is 9.50. The normalized spacial score (nSPS) is 14.0. The van der Waals surface area contributed by atoms with Gasteiger partial charge in [0.25, 0.3) is 0 Å². The van der Waals surface area contributed by atoms with Gasteiger partial charge in [0.05, 0.1) is 0 Å². The molecule has 0 saturated carbocycles. The van der Waals surface area contributed by atoms with Gasteiger partial charge >= 0.3 is 81.8 Å². The molecule has 0 aromatic rings. The first-order chi connectivity index (χ1) is 5.95. The Morgan fingerprint density at radius 2 is 1.92 bits per heavy atom. The van der Waals surface area contributed by atoms with Gasteiger partial charge in [-0.1, -0.05) is 0 Å². The van der Waals surface area contributed by atoms with Crippen molar-refractivity contribution in [2.24, 2.45) is 0 Å². The molecule has 0 aliphatic heterocycles. The molecule has 78 valence electrons. The van der Waals surface area contributed by atoms with E-state index >= 15 is 0 Å². The van der Waals surface area contributed by atoms with Crippen molar-refractivity contribution in [3.05, 3.63) is 11.8 Å². The van der Waals surface area contributed by atoms with Crippen LogP contribution in [0.1, 0.15) is 6.92 Å². The second-order valence-electron chi connectivity index (χ2n) is 2.16. The van der Waals surface area contributed by atoms with Gasteiger partial charge < -0.3 is 0 Å². The summed E-state index contributed by atoms with van der Waals surface area (Å²) in [5.41, 5.74) is 0.0556. The van der Waals surface area contributed by atoms with E-state index in [2.05, 4.69) is 12.2 Å². The van der Waals surface area contributed by atoms with E-state index in [1.807, 2.05) is 0 Å². The molecule has 0 aliphatic rings. The SMILES string of the molecule is CO[PH](S)(OC)O/C=C(\C)C(=O)O. The van der Waals surface area contributed by atoms with Crippen LogP contribution < -0.4 is 0 Å². The third kappa shape index (κ3) is 4.47. The number of hydrogen-bond acceptors (Lipinski definition) is 5. The molecular formula is C6H13O5PS. The zero-order chi connectivity index (χ0) is 10.5. The number of aliphatic carboxylic acids is 1. The molecule has 0 amide bonds. The predicted molar refractivity (Wildman–Crippen MR) is 53.8 cm³/mol. The van der Waals surface area contributed by atoms with Gasteiger partial charge in [-0.2, -0.15) is 0 Å². The second kappa shape index (κ2) is 5.44. The molecule has 0 atom stereocenters. The van der Waals surface area contributed by atoms with E-state index in [9.17, 15) is 4.79 Å². The Balaban J connectivity index is 4.28. The van der Waals surface area contributed by atoms with Crippen molar-refractivity contribution in [3.8, 4) is 0 Å². The summed E-state index contributed by atoms with van der Waals surface area (Å²) in [5, 5.41) is 8.48. The van der Waals surface area contributed by atoms with Gasteiger partial charge in [-0.05, 0) is 0 Å². The first-order valence-corrected chi connectivity index (χ1v) is 6.37.